The highest BCUT2D eigenvalue weighted by atomic mass is 35.5. The van der Waals surface area contributed by atoms with Crippen LogP contribution < -0.4 is 10.5 Å². The molecule has 1 heterocycles. The topological polar surface area (TPSA) is 61.5 Å². The fourth-order valence-corrected chi connectivity index (χ4v) is 3.38. The van der Waals surface area contributed by atoms with E-state index in [1.807, 2.05) is 12.1 Å². The summed E-state index contributed by atoms with van der Waals surface area (Å²) in [5.41, 5.74) is 7.98. The third-order valence-electron chi connectivity index (χ3n) is 3.16. The highest BCUT2D eigenvalue weighted by Crippen LogP contribution is 2.34. The zero-order valence-electron chi connectivity index (χ0n) is 11.4. The summed E-state index contributed by atoms with van der Waals surface area (Å²) < 4.78 is 10.2. The molecule has 2 N–H and O–H groups in total. The first-order chi connectivity index (χ1) is 9.61. The molecule has 0 aliphatic carbocycles. The molecule has 1 aromatic carbocycles. The number of hydrogen-bond donors (Lipinski definition) is 1. The predicted molar refractivity (Wildman–Crippen MR) is 81.4 cm³/mol. The molecule has 0 amide bonds. The van der Waals surface area contributed by atoms with Crippen molar-refractivity contribution in [2.24, 2.45) is 5.73 Å². The lowest BCUT2D eigenvalue weighted by molar-refractivity contribution is -0.142. The van der Waals surface area contributed by atoms with Gasteiger partial charge in [-0.2, -0.15) is 11.8 Å². The van der Waals surface area contributed by atoms with Crippen molar-refractivity contribution in [1.82, 2.24) is 0 Å². The van der Waals surface area contributed by atoms with E-state index in [9.17, 15) is 4.79 Å². The summed E-state index contributed by atoms with van der Waals surface area (Å²) in [4.78, 5) is 11.2. The molecule has 2 rings (SSSR count). The number of nitrogens with two attached hydrogens (primary N) is 1. The number of halogens is 1. The minimum absolute atomic E-state index is 0.363. The van der Waals surface area contributed by atoms with Crippen LogP contribution in [0.15, 0.2) is 12.1 Å². The molecule has 6 heteroatoms. The number of carbonyl (C=O) groups is 1. The first-order valence-electron chi connectivity index (χ1n) is 6.47. The number of benzene rings is 1. The second kappa shape index (κ2) is 7.20. The van der Waals surface area contributed by atoms with Gasteiger partial charge in [-0.15, -0.1) is 0 Å². The molecule has 110 valence electrons. The Kier molecular flexibility index (Phi) is 5.57. The predicted octanol–water partition coefficient (Wildman–Crippen LogP) is 2.40. The number of rotatable bonds is 6. The van der Waals surface area contributed by atoms with E-state index in [4.69, 9.17) is 22.1 Å². The van der Waals surface area contributed by atoms with Gasteiger partial charge in [0.25, 0.3) is 0 Å². The average molecular weight is 316 g/mol. The normalized spacial score (nSPS) is 14.6. The van der Waals surface area contributed by atoms with E-state index in [2.05, 4.69) is 4.74 Å². The Hall–Kier alpha value is -0.910. The maximum atomic E-state index is 11.2. The molecule has 1 aliphatic heterocycles. The van der Waals surface area contributed by atoms with Gasteiger partial charge in [0.05, 0.1) is 13.7 Å². The van der Waals surface area contributed by atoms with Crippen LogP contribution in [0.2, 0.25) is 5.02 Å². The first kappa shape index (κ1) is 15.5. The number of ether oxygens (including phenoxy) is 2. The summed E-state index contributed by atoms with van der Waals surface area (Å²) in [6.45, 7) is 0.723. The van der Waals surface area contributed by atoms with Gasteiger partial charge in [0.2, 0.25) is 0 Å². The van der Waals surface area contributed by atoms with Crippen LogP contribution >= 0.6 is 23.4 Å². The summed E-state index contributed by atoms with van der Waals surface area (Å²) in [7, 11) is 1.35. The lowest BCUT2D eigenvalue weighted by Gasteiger charge is -2.10. The number of esters is 1. The molecule has 0 spiro atoms. The minimum atomic E-state index is -0.547. The SMILES string of the molecule is COC(=O)C(N)CCSCc1cc(Cl)cc2c1OCC2. The summed E-state index contributed by atoms with van der Waals surface area (Å²) in [5.74, 6) is 2.20. The van der Waals surface area contributed by atoms with Crippen molar-refractivity contribution < 1.29 is 14.3 Å². The van der Waals surface area contributed by atoms with E-state index < -0.39 is 6.04 Å². The maximum absolute atomic E-state index is 11.2. The standard InChI is InChI=1S/C14H18ClNO3S/c1-18-14(17)12(16)3-5-20-8-10-7-11(15)6-9-2-4-19-13(9)10/h6-7,12H,2-5,8,16H2,1H3. The summed E-state index contributed by atoms with van der Waals surface area (Å²) in [6.07, 6.45) is 1.52. The van der Waals surface area contributed by atoms with Gasteiger partial charge in [-0.25, -0.2) is 0 Å². The Labute approximate surface area is 127 Å². The molecule has 1 unspecified atom stereocenters. The molecule has 0 radical (unpaired) electrons. The second-order valence-electron chi connectivity index (χ2n) is 4.62. The molecule has 1 aliphatic rings. The Morgan fingerprint density at radius 3 is 3.15 bits per heavy atom. The van der Waals surface area contributed by atoms with Crippen molar-refractivity contribution in [3.05, 3.63) is 28.3 Å². The van der Waals surface area contributed by atoms with Crippen molar-refractivity contribution in [3.63, 3.8) is 0 Å². The van der Waals surface area contributed by atoms with Crippen molar-refractivity contribution >= 4 is 29.3 Å². The van der Waals surface area contributed by atoms with Crippen LogP contribution in [0.4, 0.5) is 0 Å². The van der Waals surface area contributed by atoms with E-state index in [0.29, 0.717) is 6.42 Å². The van der Waals surface area contributed by atoms with Gasteiger partial charge in [-0.1, -0.05) is 11.6 Å². The number of fused-ring (bicyclic) bond motifs is 1. The Bertz CT molecular complexity index is 496. The third-order valence-corrected chi connectivity index (χ3v) is 4.42. The Morgan fingerprint density at radius 2 is 2.40 bits per heavy atom. The molecule has 20 heavy (non-hydrogen) atoms. The monoisotopic (exact) mass is 315 g/mol. The Morgan fingerprint density at radius 1 is 1.60 bits per heavy atom. The van der Waals surface area contributed by atoms with E-state index in [1.54, 1.807) is 11.8 Å². The van der Waals surface area contributed by atoms with Gasteiger partial charge in [0.15, 0.2) is 0 Å². The molecular weight excluding hydrogens is 298 g/mol. The molecule has 0 bridgehead atoms. The van der Waals surface area contributed by atoms with E-state index in [1.165, 1.54) is 12.7 Å². The van der Waals surface area contributed by atoms with Crippen LogP contribution in [-0.2, 0) is 21.7 Å². The summed E-state index contributed by atoms with van der Waals surface area (Å²) in [6, 6.07) is 3.36. The van der Waals surface area contributed by atoms with Crippen LogP contribution in [0.25, 0.3) is 0 Å². The smallest absolute Gasteiger partial charge is 0.322 e. The second-order valence-corrected chi connectivity index (χ2v) is 6.16. The summed E-state index contributed by atoms with van der Waals surface area (Å²) >= 11 is 7.82. The molecule has 0 saturated heterocycles. The van der Waals surface area contributed by atoms with E-state index in [-0.39, 0.29) is 5.97 Å². The number of thioether (sulfide) groups is 1. The highest BCUT2D eigenvalue weighted by Gasteiger charge is 2.18. The molecule has 0 aromatic heterocycles. The van der Waals surface area contributed by atoms with Crippen molar-refractivity contribution in [1.29, 1.82) is 0 Å². The highest BCUT2D eigenvalue weighted by molar-refractivity contribution is 7.98. The summed E-state index contributed by atoms with van der Waals surface area (Å²) in [5, 5.41) is 0.746. The van der Waals surface area contributed by atoms with Crippen LogP contribution in [0, 0.1) is 0 Å². The number of methoxy groups -OCH3 is 1. The van der Waals surface area contributed by atoms with Gasteiger partial charge in [0.1, 0.15) is 11.8 Å². The van der Waals surface area contributed by atoms with Gasteiger partial charge in [-0.3, -0.25) is 4.79 Å². The molecule has 4 nitrogen and oxygen atoms in total. The lowest BCUT2D eigenvalue weighted by Crippen LogP contribution is -2.31. The molecular formula is C14H18ClNO3S. The fourth-order valence-electron chi connectivity index (χ4n) is 2.11. The van der Waals surface area contributed by atoms with Crippen LogP contribution in [-0.4, -0.2) is 31.5 Å². The van der Waals surface area contributed by atoms with Gasteiger partial charge in [0, 0.05) is 22.8 Å². The third kappa shape index (κ3) is 3.81. The van der Waals surface area contributed by atoms with Crippen molar-refractivity contribution in [2.75, 3.05) is 19.5 Å². The zero-order valence-corrected chi connectivity index (χ0v) is 12.9. The van der Waals surface area contributed by atoms with E-state index in [0.717, 1.165) is 40.9 Å². The number of carbonyl (C=O) groups excluding carboxylic acids is 1. The molecule has 1 atom stereocenters. The van der Waals surface area contributed by atoms with Gasteiger partial charge in [-0.05, 0) is 29.9 Å². The van der Waals surface area contributed by atoms with Crippen molar-refractivity contribution in [3.8, 4) is 5.75 Å². The van der Waals surface area contributed by atoms with Crippen LogP contribution in [0.5, 0.6) is 5.75 Å². The quantitative estimate of drug-likeness (QED) is 0.645. The molecule has 0 fully saturated rings. The van der Waals surface area contributed by atoms with Crippen LogP contribution in [0.3, 0.4) is 0 Å². The molecule has 0 saturated carbocycles. The molecule has 1 aromatic rings. The number of hydrogen-bond acceptors (Lipinski definition) is 5. The zero-order chi connectivity index (χ0) is 14.5. The van der Waals surface area contributed by atoms with Crippen molar-refractivity contribution in [2.45, 2.75) is 24.6 Å². The largest absolute Gasteiger partial charge is 0.493 e. The lowest BCUT2D eigenvalue weighted by atomic mass is 10.1. The maximum Gasteiger partial charge on any atom is 0.322 e. The average Bonchev–Trinajstić information content (AvgIpc) is 2.90. The van der Waals surface area contributed by atoms with Crippen LogP contribution in [0.1, 0.15) is 17.5 Å². The fraction of sp³-hybridized carbons (Fsp3) is 0.500. The first-order valence-corrected chi connectivity index (χ1v) is 8.00. The van der Waals surface area contributed by atoms with E-state index >= 15 is 0 Å². The Balaban J connectivity index is 1.85. The van der Waals surface area contributed by atoms with Gasteiger partial charge >= 0.3 is 5.97 Å². The minimum Gasteiger partial charge on any atom is -0.493 e. The van der Waals surface area contributed by atoms with Gasteiger partial charge < -0.3 is 15.2 Å².